The lowest BCUT2D eigenvalue weighted by Crippen LogP contribution is -2.42. The zero-order valence-electron chi connectivity index (χ0n) is 7.82. The number of thioether (sulfide) groups is 1. The van der Waals surface area contributed by atoms with Crippen LogP contribution in [0.3, 0.4) is 0 Å². The molecule has 1 fully saturated rings. The van der Waals surface area contributed by atoms with Gasteiger partial charge in [-0.3, -0.25) is 4.79 Å². The van der Waals surface area contributed by atoms with Gasteiger partial charge in [-0.25, -0.2) is 0 Å². The zero-order chi connectivity index (χ0) is 9.68. The van der Waals surface area contributed by atoms with E-state index in [0.717, 1.165) is 31.1 Å². The standard InChI is InChI=1S/C9H14N2OS/c1-8-4-2-3-5-11(8)9(12)6-13-7-10/h8H,2-6H2,1H3/t8-/m1/s1. The first kappa shape index (κ1) is 10.4. The van der Waals surface area contributed by atoms with Crippen molar-refractivity contribution in [1.82, 2.24) is 4.90 Å². The number of carbonyl (C=O) groups excluding carboxylic acids is 1. The van der Waals surface area contributed by atoms with E-state index in [1.165, 1.54) is 6.42 Å². The predicted octanol–water partition coefficient (Wildman–Crippen LogP) is 1.60. The highest BCUT2D eigenvalue weighted by Gasteiger charge is 2.22. The summed E-state index contributed by atoms with van der Waals surface area (Å²) in [5.74, 6) is 0.416. The number of likely N-dealkylation sites (tertiary alicyclic amines) is 1. The fraction of sp³-hybridized carbons (Fsp3) is 0.778. The van der Waals surface area contributed by atoms with Gasteiger partial charge in [-0.15, -0.1) is 0 Å². The van der Waals surface area contributed by atoms with E-state index in [1.807, 2.05) is 10.3 Å². The number of rotatable bonds is 2. The number of hydrogen-bond donors (Lipinski definition) is 0. The first-order valence-corrected chi connectivity index (χ1v) is 5.54. The van der Waals surface area contributed by atoms with Gasteiger partial charge in [-0.1, -0.05) is 0 Å². The largest absolute Gasteiger partial charge is 0.339 e. The van der Waals surface area contributed by atoms with Crippen molar-refractivity contribution in [2.75, 3.05) is 12.3 Å². The highest BCUT2D eigenvalue weighted by molar-refractivity contribution is 8.04. The number of thiocyanates is 1. The fourth-order valence-corrected chi connectivity index (χ4v) is 2.00. The molecule has 72 valence electrons. The Morgan fingerprint density at radius 3 is 3.08 bits per heavy atom. The summed E-state index contributed by atoms with van der Waals surface area (Å²) in [5, 5.41) is 10.2. The normalized spacial score (nSPS) is 22.5. The van der Waals surface area contributed by atoms with Gasteiger partial charge in [0.05, 0.1) is 5.75 Å². The number of nitrogens with zero attached hydrogens (tertiary/aromatic N) is 2. The van der Waals surface area contributed by atoms with Crippen molar-refractivity contribution in [2.45, 2.75) is 32.2 Å². The van der Waals surface area contributed by atoms with E-state index in [1.54, 1.807) is 0 Å². The van der Waals surface area contributed by atoms with Gasteiger partial charge in [0.1, 0.15) is 5.40 Å². The Morgan fingerprint density at radius 2 is 2.46 bits per heavy atom. The van der Waals surface area contributed by atoms with E-state index in [2.05, 4.69) is 6.92 Å². The average Bonchev–Trinajstić information content (AvgIpc) is 2.15. The topological polar surface area (TPSA) is 44.1 Å². The Bertz CT molecular complexity index is 224. The molecule has 1 aliphatic heterocycles. The van der Waals surface area contributed by atoms with Crippen LogP contribution < -0.4 is 0 Å². The molecular weight excluding hydrogens is 184 g/mol. The maximum absolute atomic E-state index is 11.5. The van der Waals surface area contributed by atoms with E-state index in [4.69, 9.17) is 5.26 Å². The van der Waals surface area contributed by atoms with Crippen LogP contribution in [0.25, 0.3) is 0 Å². The molecule has 0 N–H and O–H groups in total. The van der Waals surface area contributed by atoms with Gasteiger partial charge >= 0.3 is 0 Å². The van der Waals surface area contributed by atoms with Crippen LogP contribution in [0.2, 0.25) is 0 Å². The number of carbonyl (C=O) groups is 1. The van der Waals surface area contributed by atoms with Crippen molar-refractivity contribution in [3.8, 4) is 5.40 Å². The Hall–Kier alpha value is -0.690. The molecule has 3 nitrogen and oxygen atoms in total. The van der Waals surface area contributed by atoms with Crippen LogP contribution in [0.4, 0.5) is 0 Å². The molecule has 0 aromatic heterocycles. The molecule has 1 rings (SSSR count). The molecule has 1 saturated heterocycles. The first-order chi connectivity index (χ1) is 6.25. The molecule has 1 heterocycles. The van der Waals surface area contributed by atoms with Crippen molar-refractivity contribution < 1.29 is 4.79 Å². The Morgan fingerprint density at radius 1 is 1.69 bits per heavy atom. The van der Waals surface area contributed by atoms with Crippen LogP contribution >= 0.6 is 11.8 Å². The van der Waals surface area contributed by atoms with E-state index >= 15 is 0 Å². The van der Waals surface area contributed by atoms with Crippen LogP contribution in [0, 0.1) is 10.7 Å². The van der Waals surface area contributed by atoms with Crippen molar-refractivity contribution in [1.29, 1.82) is 5.26 Å². The van der Waals surface area contributed by atoms with Crippen LogP contribution in [-0.2, 0) is 4.79 Å². The van der Waals surface area contributed by atoms with Crippen LogP contribution in [0.5, 0.6) is 0 Å². The van der Waals surface area contributed by atoms with Gasteiger partial charge in [-0.2, -0.15) is 5.26 Å². The molecule has 0 unspecified atom stereocenters. The molecule has 4 heteroatoms. The summed E-state index contributed by atoms with van der Waals surface area (Å²) >= 11 is 1.03. The molecule has 0 aromatic carbocycles. The summed E-state index contributed by atoms with van der Waals surface area (Å²) in [4.78, 5) is 13.4. The van der Waals surface area contributed by atoms with Crippen LogP contribution in [0.1, 0.15) is 26.2 Å². The molecule has 1 amide bonds. The highest BCUT2D eigenvalue weighted by Crippen LogP contribution is 2.17. The number of hydrogen-bond acceptors (Lipinski definition) is 3. The summed E-state index contributed by atoms with van der Waals surface area (Å²) < 4.78 is 0. The van der Waals surface area contributed by atoms with Gasteiger partial charge in [0, 0.05) is 12.6 Å². The lowest BCUT2D eigenvalue weighted by Gasteiger charge is -2.33. The third-order valence-corrected chi connectivity index (χ3v) is 2.90. The second-order valence-electron chi connectivity index (χ2n) is 3.31. The van der Waals surface area contributed by atoms with Gasteiger partial charge in [0.25, 0.3) is 0 Å². The minimum Gasteiger partial charge on any atom is -0.339 e. The quantitative estimate of drug-likeness (QED) is 0.633. The van der Waals surface area contributed by atoms with Crippen LogP contribution in [0.15, 0.2) is 0 Å². The van der Waals surface area contributed by atoms with Gasteiger partial charge in [-0.05, 0) is 37.9 Å². The first-order valence-electron chi connectivity index (χ1n) is 4.56. The van der Waals surface area contributed by atoms with Crippen molar-refractivity contribution in [2.24, 2.45) is 0 Å². The smallest absolute Gasteiger partial charge is 0.233 e. The number of nitriles is 1. The van der Waals surface area contributed by atoms with Crippen molar-refractivity contribution in [3.05, 3.63) is 0 Å². The van der Waals surface area contributed by atoms with E-state index in [-0.39, 0.29) is 5.91 Å². The molecule has 0 saturated carbocycles. The van der Waals surface area contributed by atoms with Gasteiger partial charge in [0.15, 0.2) is 0 Å². The summed E-state index contributed by atoms with van der Waals surface area (Å²) in [6.45, 7) is 2.94. The van der Waals surface area contributed by atoms with Crippen molar-refractivity contribution in [3.63, 3.8) is 0 Å². The minimum atomic E-state index is 0.110. The van der Waals surface area contributed by atoms with E-state index < -0.39 is 0 Å². The molecule has 0 aliphatic carbocycles. The molecule has 0 aromatic rings. The summed E-state index contributed by atoms with van der Waals surface area (Å²) in [5.41, 5.74) is 0. The second-order valence-corrected chi connectivity index (χ2v) is 4.07. The molecule has 13 heavy (non-hydrogen) atoms. The molecule has 0 radical (unpaired) electrons. The van der Waals surface area contributed by atoms with E-state index in [9.17, 15) is 4.79 Å². The SMILES string of the molecule is C[C@@H]1CCCCN1C(=O)CSC#N. The second kappa shape index (κ2) is 5.13. The average molecular weight is 198 g/mol. The third-order valence-electron chi connectivity index (χ3n) is 2.38. The minimum absolute atomic E-state index is 0.110. The lowest BCUT2D eigenvalue weighted by molar-refractivity contribution is -0.131. The predicted molar refractivity (Wildman–Crippen MR) is 53.1 cm³/mol. The fourth-order valence-electron chi connectivity index (χ4n) is 1.65. The molecule has 1 atom stereocenters. The Kier molecular flexibility index (Phi) is 4.10. The summed E-state index contributed by atoms with van der Waals surface area (Å²) in [6, 6.07) is 0.362. The zero-order valence-corrected chi connectivity index (χ0v) is 8.64. The maximum Gasteiger partial charge on any atom is 0.233 e. The Balaban J connectivity index is 2.40. The molecule has 0 spiro atoms. The third kappa shape index (κ3) is 2.92. The highest BCUT2D eigenvalue weighted by atomic mass is 32.2. The summed E-state index contributed by atoms with van der Waals surface area (Å²) in [7, 11) is 0. The van der Waals surface area contributed by atoms with Gasteiger partial charge < -0.3 is 4.90 Å². The molecule has 1 aliphatic rings. The monoisotopic (exact) mass is 198 g/mol. The van der Waals surface area contributed by atoms with Crippen LogP contribution in [-0.4, -0.2) is 29.1 Å². The molecule has 0 bridgehead atoms. The van der Waals surface area contributed by atoms with Crippen molar-refractivity contribution >= 4 is 17.7 Å². The van der Waals surface area contributed by atoms with Gasteiger partial charge in [0.2, 0.25) is 5.91 Å². The lowest BCUT2D eigenvalue weighted by atomic mass is 10.0. The maximum atomic E-state index is 11.5. The molecular formula is C9H14N2OS. The summed E-state index contributed by atoms with van der Waals surface area (Å²) in [6.07, 6.45) is 3.42. The Labute approximate surface area is 83.1 Å². The number of amides is 1. The number of piperidine rings is 1. The van der Waals surface area contributed by atoms with E-state index in [0.29, 0.717) is 11.8 Å².